The molecule has 1 N–H and O–H groups in total. The smallest absolute Gasteiger partial charge is 0.410 e. The summed E-state index contributed by atoms with van der Waals surface area (Å²) in [7, 11) is 3.11. The molecule has 1 aromatic carbocycles. The van der Waals surface area contributed by atoms with Crippen molar-refractivity contribution in [2.45, 2.75) is 32.8 Å². The number of methoxy groups -OCH3 is 1. The van der Waals surface area contributed by atoms with E-state index in [1.165, 1.54) is 11.9 Å². The van der Waals surface area contributed by atoms with Gasteiger partial charge in [-0.1, -0.05) is 12.1 Å². The second-order valence-electron chi connectivity index (χ2n) is 6.45. The number of hydrogen-bond donors (Lipinski definition) is 1. The van der Waals surface area contributed by atoms with E-state index < -0.39 is 23.6 Å². The van der Waals surface area contributed by atoms with Gasteiger partial charge in [-0.05, 0) is 44.9 Å². The molecule has 0 bridgehead atoms. The standard InChI is InChI=1S/C17H25NO5/c1-17(2,3)23-16(21)18(4)11-13(15(19)20)10-12-6-8-14(22-5)9-7-12/h6-9,13H,10-11H2,1-5H3,(H,19,20)/t13-/m1/s1. The molecular formula is C17H25NO5. The van der Waals surface area contributed by atoms with Gasteiger partial charge in [-0.25, -0.2) is 4.79 Å². The highest BCUT2D eigenvalue weighted by atomic mass is 16.6. The van der Waals surface area contributed by atoms with Crippen LogP contribution in [-0.4, -0.2) is 48.4 Å². The molecule has 1 aromatic rings. The van der Waals surface area contributed by atoms with Crippen molar-refractivity contribution in [1.82, 2.24) is 4.90 Å². The van der Waals surface area contributed by atoms with Crippen LogP contribution in [0, 0.1) is 5.92 Å². The Morgan fingerprint density at radius 3 is 2.22 bits per heavy atom. The van der Waals surface area contributed by atoms with Crippen molar-refractivity contribution in [2.75, 3.05) is 20.7 Å². The monoisotopic (exact) mass is 323 g/mol. The zero-order chi connectivity index (χ0) is 17.6. The van der Waals surface area contributed by atoms with E-state index in [4.69, 9.17) is 9.47 Å². The third kappa shape index (κ3) is 6.59. The third-order valence-electron chi connectivity index (χ3n) is 3.19. The van der Waals surface area contributed by atoms with Gasteiger partial charge in [-0.3, -0.25) is 4.79 Å². The van der Waals surface area contributed by atoms with Crippen LogP contribution >= 0.6 is 0 Å². The molecule has 1 rings (SSSR count). The van der Waals surface area contributed by atoms with Gasteiger partial charge in [0.05, 0.1) is 13.0 Å². The fourth-order valence-corrected chi connectivity index (χ4v) is 2.02. The van der Waals surface area contributed by atoms with Crippen LogP contribution in [-0.2, 0) is 16.0 Å². The summed E-state index contributed by atoms with van der Waals surface area (Å²) in [6.07, 6.45) is -0.203. The highest BCUT2D eigenvalue weighted by molar-refractivity contribution is 5.73. The first-order valence-corrected chi connectivity index (χ1v) is 7.42. The number of amides is 1. The third-order valence-corrected chi connectivity index (χ3v) is 3.19. The van der Waals surface area contributed by atoms with Gasteiger partial charge in [0.1, 0.15) is 11.4 Å². The van der Waals surface area contributed by atoms with Gasteiger partial charge in [-0.15, -0.1) is 0 Å². The van der Waals surface area contributed by atoms with Crippen LogP contribution in [0.4, 0.5) is 4.79 Å². The van der Waals surface area contributed by atoms with Crippen molar-refractivity contribution in [3.63, 3.8) is 0 Å². The molecule has 6 heteroatoms. The SMILES string of the molecule is COc1ccc(C[C@H](CN(C)C(=O)OC(C)(C)C)C(=O)O)cc1. The van der Waals surface area contributed by atoms with Crippen LogP contribution in [0.5, 0.6) is 5.75 Å². The van der Waals surface area contributed by atoms with Crippen LogP contribution < -0.4 is 4.74 Å². The van der Waals surface area contributed by atoms with E-state index in [2.05, 4.69) is 0 Å². The Bertz CT molecular complexity index is 533. The molecule has 0 saturated carbocycles. The summed E-state index contributed by atoms with van der Waals surface area (Å²) in [5, 5.41) is 9.40. The van der Waals surface area contributed by atoms with Crippen LogP contribution in [0.25, 0.3) is 0 Å². The number of hydrogen-bond acceptors (Lipinski definition) is 4. The number of carboxylic acids is 1. The van der Waals surface area contributed by atoms with Crippen LogP contribution in [0.1, 0.15) is 26.3 Å². The average molecular weight is 323 g/mol. The van der Waals surface area contributed by atoms with Gasteiger partial charge in [0.25, 0.3) is 0 Å². The lowest BCUT2D eigenvalue weighted by atomic mass is 9.99. The second-order valence-corrected chi connectivity index (χ2v) is 6.45. The molecule has 128 valence electrons. The number of nitrogens with zero attached hydrogens (tertiary/aromatic N) is 1. The maximum Gasteiger partial charge on any atom is 0.410 e. The van der Waals surface area contributed by atoms with E-state index in [-0.39, 0.29) is 6.54 Å². The van der Waals surface area contributed by atoms with Crippen molar-refractivity contribution >= 4 is 12.1 Å². The summed E-state index contributed by atoms with van der Waals surface area (Å²) < 4.78 is 10.3. The first-order valence-electron chi connectivity index (χ1n) is 7.42. The predicted molar refractivity (Wildman–Crippen MR) is 86.7 cm³/mol. The molecule has 0 unspecified atom stereocenters. The first-order chi connectivity index (χ1) is 10.6. The Morgan fingerprint density at radius 1 is 1.22 bits per heavy atom. The molecule has 0 heterocycles. The molecule has 0 radical (unpaired) electrons. The Balaban J connectivity index is 2.71. The number of ether oxygens (including phenoxy) is 2. The minimum Gasteiger partial charge on any atom is -0.497 e. The van der Waals surface area contributed by atoms with Gasteiger partial charge in [-0.2, -0.15) is 0 Å². The van der Waals surface area contributed by atoms with E-state index in [9.17, 15) is 14.7 Å². The molecule has 0 aliphatic heterocycles. The zero-order valence-electron chi connectivity index (χ0n) is 14.3. The van der Waals surface area contributed by atoms with Crippen molar-refractivity contribution in [3.05, 3.63) is 29.8 Å². The quantitative estimate of drug-likeness (QED) is 0.871. The van der Waals surface area contributed by atoms with Crippen molar-refractivity contribution in [1.29, 1.82) is 0 Å². The normalized spacial score (nSPS) is 12.4. The zero-order valence-corrected chi connectivity index (χ0v) is 14.3. The molecule has 6 nitrogen and oxygen atoms in total. The molecule has 0 aromatic heterocycles. The maximum atomic E-state index is 11.9. The minimum absolute atomic E-state index is 0.0796. The highest BCUT2D eigenvalue weighted by Crippen LogP contribution is 2.16. The fraction of sp³-hybridized carbons (Fsp3) is 0.529. The van der Waals surface area contributed by atoms with E-state index >= 15 is 0 Å². The molecular weight excluding hydrogens is 298 g/mol. The fourth-order valence-electron chi connectivity index (χ4n) is 2.02. The highest BCUT2D eigenvalue weighted by Gasteiger charge is 2.25. The summed E-state index contributed by atoms with van der Waals surface area (Å²) in [4.78, 5) is 24.7. The van der Waals surface area contributed by atoms with E-state index in [0.717, 1.165) is 5.56 Å². The second kappa shape index (κ2) is 7.85. The molecule has 1 atom stereocenters. The lowest BCUT2D eigenvalue weighted by molar-refractivity contribution is -0.142. The number of carboxylic acid groups (broad SMARTS) is 1. The number of aliphatic carboxylic acids is 1. The van der Waals surface area contributed by atoms with E-state index in [0.29, 0.717) is 12.2 Å². The van der Waals surface area contributed by atoms with Crippen molar-refractivity contribution in [2.24, 2.45) is 5.92 Å². The molecule has 1 amide bonds. The number of carbonyl (C=O) groups is 2. The first kappa shape index (κ1) is 18.8. The summed E-state index contributed by atoms with van der Waals surface area (Å²) >= 11 is 0. The lowest BCUT2D eigenvalue weighted by Gasteiger charge is -2.26. The molecule has 0 aliphatic rings. The Kier molecular flexibility index (Phi) is 6.42. The average Bonchev–Trinajstić information content (AvgIpc) is 2.45. The summed E-state index contributed by atoms with van der Waals surface area (Å²) in [6.45, 7) is 5.39. The minimum atomic E-state index is -0.948. The van der Waals surface area contributed by atoms with Crippen LogP contribution in [0.3, 0.4) is 0 Å². The molecule has 0 aliphatic carbocycles. The Hall–Kier alpha value is -2.24. The largest absolute Gasteiger partial charge is 0.497 e. The Labute approximate surface area is 137 Å². The van der Waals surface area contributed by atoms with Gasteiger partial charge in [0, 0.05) is 13.6 Å². The van der Waals surface area contributed by atoms with Gasteiger partial charge in [0.15, 0.2) is 0 Å². The van der Waals surface area contributed by atoms with Crippen molar-refractivity contribution < 1.29 is 24.2 Å². The van der Waals surface area contributed by atoms with Crippen LogP contribution in [0.15, 0.2) is 24.3 Å². The lowest BCUT2D eigenvalue weighted by Crippen LogP contribution is -2.39. The summed E-state index contributed by atoms with van der Waals surface area (Å²) in [6, 6.07) is 7.21. The maximum absolute atomic E-state index is 11.9. The number of rotatable bonds is 6. The number of benzene rings is 1. The van der Waals surface area contributed by atoms with Crippen molar-refractivity contribution in [3.8, 4) is 5.75 Å². The molecule has 23 heavy (non-hydrogen) atoms. The van der Waals surface area contributed by atoms with E-state index in [1.54, 1.807) is 40.0 Å². The molecule has 0 spiro atoms. The number of carbonyl (C=O) groups excluding carboxylic acids is 1. The van der Waals surface area contributed by atoms with Gasteiger partial charge < -0.3 is 19.5 Å². The molecule has 0 fully saturated rings. The van der Waals surface area contributed by atoms with Gasteiger partial charge >= 0.3 is 12.1 Å². The summed E-state index contributed by atoms with van der Waals surface area (Å²) in [5.41, 5.74) is 0.260. The van der Waals surface area contributed by atoms with Gasteiger partial charge in [0.2, 0.25) is 0 Å². The predicted octanol–water partition coefficient (Wildman–Crippen LogP) is 2.81. The summed E-state index contributed by atoms with van der Waals surface area (Å²) in [5.74, 6) is -0.941. The Morgan fingerprint density at radius 2 is 1.78 bits per heavy atom. The van der Waals surface area contributed by atoms with E-state index in [1.807, 2.05) is 12.1 Å². The topological polar surface area (TPSA) is 76.1 Å². The molecule has 0 saturated heterocycles. The van der Waals surface area contributed by atoms with Crippen LogP contribution in [0.2, 0.25) is 0 Å².